The third-order valence-corrected chi connectivity index (χ3v) is 6.73. The standard InChI is InChI=1S/C28H37N3O2/c1-4-5-6-7-25-20-30(19-23-12-10-22(11-13-23)16-17-33-3)28(32)27-18-26(29-31(25)27)24-14-8-21(2)9-15-24/h8-15,18,25-26,29H,4-7,16-17,19-20H2,1-3H3. The van der Waals surface area contributed by atoms with Crippen LogP contribution in [0.3, 0.4) is 0 Å². The van der Waals surface area contributed by atoms with E-state index in [-0.39, 0.29) is 18.0 Å². The number of carbonyl (C=O) groups excluding carboxylic acids is 1. The highest BCUT2D eigenvalue weighted by Crippen LogP contribution is 2.32. The van der Waals surface area contributed by atoms with Crippen LogP contribution in [0.25, 0.3) is 0 Å². The van der Waals surface area contributed by atoms with E-state index in [2.05, 4.69) is 78.9 Å². The number of methoxy groups -OCH3 is 1. The Morgan fingerprint density at radius 3 is 2.45 bits per heavy atom. The molecule has 0 aromatic heterocycles. The fraction of sp³-hybridized carbons (Fsp3) is 0.464. The number of piperazine rings is 1. The molecule has 0 saturated carbocycles. The van der Waals surface area contributed by atoms with Gasteiger partial charge in [0.25, 0.3) is 5.91 Å². The van der Waals surface area contributed by atoms with Crippen LogP contribution in [-0.2, 0) is 22.5 Å². The molecule has 5 nitrogen and oxygen atoms in total. The van der Waals surface area contributed by atoms with Crippen LogP contribution in [-0.4, -0.2) is 42.1 Å². The van der Waals surface area contributed by atoms with E-state index in [0.29, 0.717) is 6.54 Å². The van der Waals surface area contributed by atoms with Crippen LogP contribution in [0.2, 0.25) is 0 Å². The number of hydrazine groups is 1. The Bertz CT molecular complexity index is 952. The molecule has 1 fully saturated rings. The number of aryl methyl sites for hydroxylation is 1. The molecule has 2 aliphatic heterocycles. The molecular weight excluding hydrogens is 410 g/mol. The third kappa shape index (κ3) is 5.66. The predicted octanol–water partition coefficient (Wildman–Crippen LogP) is 4.92. The number of carbonyl (C=O) groups is 1. The maximum atomic E-state index is 13.5. The van der Waals surface area contributed by atoms with E-state index in [1.54, 1.807) is 7.11 Å². The Balaban J connectivity index is 1.51. The quantitative estimate of drug-likeness (QED) is 0.525. The topological polar surface area (TPSA) is 44.8 Å². The Kier molecular flexibility index (Phi) is 7.84. The first-order chi connectivity index (χ1) is 16.1. The summed E-state index contributed by atoms with van der Waals surface area (Å²) in [6, 6.07) is 17.5. The van der Waals surface area contributed by atoms with Crippen LogP contribution in [0.1, 0.15) is 60.9 Å². The Morgan fingerprint density at radius 1 is 1.03 bits per heavy atom. The Morgan fingerprint density at radius 2 is 1.76 bits per heavy atom. The van der Waals surface area contributed by atoms with Crippen LogP contribution in [0, 0.1) is 6.92 Å². The maximum absolute atomic E-state index is 13.5. The summed E-state index contributed by atoms with van der Waals surface area (Å²) in [6.45, 7) is 6.46. The minimum atomic E-state index is 0.0400. The lowest BCUT2D eigenvalue weighted by atomic mass is 10.0. The van der Waals surface area contributed by atoms with Gasteiger partial charge in [-0.25, -0.2) is 5.43 Å². The van der Waals surface area contributed by atoms with Gasteiger partial charge >= 0.3 is 0 Å². The van der Waals surface area contributed by atoms with Crippen LogP contribution in [0.15, 0.2) is 60.3 Å². The first-order valence-electron chi connectivity index (χ1n) is 12.3. The van der Waals surface area contributed by atoms with E-state index >= 15 is 0 Å². The number of hydrogen-bond acceptors (Lipinski definition) is 4. The van der Waals surface area contributed by atoms with Gasteiger partial charge in [-0.15, -0.1) is 0 Å². The van der Waals surface area contributed by atoms with E-state index < -0.39 is 0 Å². The van der Waals surface area contributed by atoms with Crippen LogP contribution in [0.5, 0.6) is 0 Å². The summed E-state index contributed by atoms with van der Waals surface area (Å²) in [4.78, 5) is 15.5. The highest BCUT2D eigenvalue weighted by Gasteiger charge is 2.40. The lowest BCUT2D eigenvalue weighted by molar-refractivity contribution is -0.135. The van der Waals surface area contributed by atoms with Crippen LogP contribution >= 0.6 is 0 Å². The largest absolute Gasteiger partial charge is 0.384 e. The van der Waals surface area contributed by atoms with Crippen molar-refractivity contribution in [2.45, 2.75) is 64.6 Å². The first kappa shape index (κ1) is 23.5. The molecule has 0 bridgehead atoms. The first-order valence-corrected chi connectivity index (χ1v) is 12.3. The molecule has 5 heteroatoms. The number of amides is 1. The molecule has 2 aliphatic rings. The van der Waals surface area contributed by atoms with Crippen molar-refractivity contribution in [2.24, 2.45) is 0 Å². The van der Waals surface area contributed by atoms with Crippen molar-refractivity contribution in [2.75, 3.05) is 20.3 Å². The van der Waals surface area contributed by atoms with Gasteiger partial charge in [-0.05, 0) is 42.5 Å². The summed E-state index contributed by atoms with van der Waals surface area (Å²) in [6.07, 6.45) is 7.71. The number of nitrogens with zero attached hydrogens (tertiary/aromatic N) is 2. The lowest BCUT2D eigenvalue weighted by Crippen LogP contribution is -2.56. The zero-order valence-corrected chi connectivity index (χ0v) is 20.2. The zero-order chi connectivity index (χ0) is 23.2. The maximum Gasteiger partial charge on any atom is 0.271 e. The van der Waals surface area contributed by atoms with Gasteiger partial charge in [0, 0.05) is 20.2 Å². The predicted molar refractivity (Wildman–Crippen MR) is 132 cm³/mol. The molecule has 1 N–H and O–H groups in total. The molecular formula is C28H37N3O2. The number of benzene rings is 2. The number of fused-ring (bicyclic) bond motifs is 1. The van der Waals surface area contributed by atoms with Crippen molar-refractivity contribution >= 4 is 5.91 Å². The molecule has 0 radical (unpaired) electrons. The molecule has 2 unspecified atom stereocenters. The average Bonchev–Trinajstić information content (AvgIpc) is 3.28. The van der Waals surface area contributed by atoms with Gasteiger partial charge in [-0.3, -0.25) is 9.80 Å². The van der Waals surface area contributed by atoms with Gasteiger partial charge in [0.15, 0.2) is 0 Å². The molecule has 0 spiro atoms. The minimum absolute atomic E-state index is 0.0400. The zero-order valence-electron chi connectivity index (χ0n) is 20.2. The van der Waals surface area contributed by atoms with Gasteiger partial charge in [0.1, 0.15) is 5.70 Å². The Labute approximate surface area is 198 Å². The van der Waals surface area contributed by atoms with Gasteiger partial charge in [-0.2, -0.15) is 0 Å². The normalized spacial score (nSPS) is 20.2. The number of hydrogen-bond donors (Lipinski definition) is 1. The third-order valence-electron chi connectivity index (χ3n) is 6.73. The SMILES string of the molecule is CCCCCC1CN(Cc2ccc(CCOC)cc2)C(=O)C2=CC(c3ccc(C)cc3)NN21. The molecule has 0 aliphatic carbocycles. The monoisotopic (exact) mass is 447 g/mol. The Hall–Kier alpha value is -2.63. The second-order valence-electron chi connectivity index (χ2n) is 9.33. The van der Waals surface area contributed by atoms with Crippen molar-refractivity contribution in [1.82, 2.24) is 15.3 Å². The molecule has 176 valence electrons. The summed E-state index contributed by atoms with van der Waals surface area (Å²) < 4.78 is 5.18. The summed E-state index contributed by atoms with van der Waals surface area (Å²) >= 11 is 0. The average molecular weight is 448 g/mol. The molecule has 1 amide bonds. The van der Waals surface area contributed by atoms with Gasteiger partial charge in [-0.1, -0.05) is 80.3 Å². The molecule has 33 heavy (non-hydrogen) atoms. The summed E-state index contributed by atoms with van der Waals surface area (Å²) in [5.41, 5.74) is 9.30. The van der Waals surface area contributed by atoms with Crippen molar-refractivity contribution in [1.29, 1.82) is 0 Å². The summed E-state index contributed by atoms with van der Waals surface area (Å²) in [5, 5.41) is 2.16. The molecule has 2 atom stereocenters. The van der Waals surface area contributed by atoms with E-state index in [0.717, 1.165) is 31.7 Å². The number of unbranched alkanes of at least 4 members (excludes halogenated alkanes) is 2. The molecule has 2 aromatic rings. The highest BCUT2D eigenvalue weighted by atomic mass is 16.5. The number of nitrogens with one attached hydrogen (secondary N) is 1. The van der Waals surface area contributed by atoms with Crippen molar-refractivity contribution in [3.63, 3.8) is 0 Å². The van der Waals surface area contributed by atoms with Gasteiger partial charge < -0.3 is 9.64 Å². The smallest absolute Gasteiger partial charge is 0.271 e. The van der Waals surface area contributed by atoms with E-state index in [9.17, 15) is 4.79 Å². The second kappa shape index (κ2) is 11.0. The lowest BCUT2D eigenvalue weighted by Gasteiger charge is -2.41. The van der Waals surface area contributed by atoms with Crippen molar-refractivity contribution in [3.8, 4) is 0 Å². The fourth-order valence-corrected chi connectivity index (χ4v) is 4.74. The van der Waals surface area contributed by atoms with Crippen molar-refractivity contribution in [3.05, 3.63) is 82.6 Å². The molecule has 1 saturated heterocycles. The molecule has 4 rings (SSSR count). The number of rotatable bonds is 10. The van der Waals surface area contributed by atoms with Gasteiger partial charge in [0.05, 0.1) is 18.7 Å². The highest BCUT2D eigenvalue weighted by molar-refractivity contribution is 5.94. The molecule has 2 aromatic carbocycles. The summed E-state index contributed by atoms with van der Waals surface area (Å²) in [7, 11) is 1.73. The van der Waals surface area contributed by atoms with E-state index in [1.165, 1.54) is 41.5 Å². The number of ether oxygens (including phenoxy) is 1. The minimum Gasteiger partial charge on any atom is -0.384 e. The summed E-state index contributed by atoms with van der Waals surface area (Å²) in [5.74, 6) is 0.118. The second-order valence-corrected chi connectivity index (χ2v) is 9.33. The molecule has 2 heterocycles. The van der Waals surface area contributed by atoms with E-state index in [1.807, 2.05) is 4.90 Å². The van der Waals surface area contributed by atoms with E-state index in [4.69, 9.17) is 4.74 Å². The van der Waals surface area contributed by atoms with Gasteiger partial charge in [0.2, 0.25) is 0 Å². The fourth-order valence-electron chi connectivity index (χ4n) is 4.74. The van der Waals surface area contributed by atoms with Crippen LogP contribution < -0.4 is 5.43 Å². The van der Waals surface area contributed by atoms with Crippen LogP contribution in [0.4, 0.5) is 0 Å². The van der Waals surface area contributed by atoms with Crippen molar-refractivity contribution < 1.29 is 9.53 Å².